The minimum Gasteiger partial charge on any atom is -0.490 e. The number of primary sulfonamides is 1. The molecule has 0 amide bonds. The lowest BCUT2D eigenvalue weighted by atomic mass is 9.85. The molecule has 5 nitrogen and oxygen atoms in total. The van der Waals surface area contributed by atoms with Crippen molar-refractivity contribution in [2.75, 3.05) is 5.73 Å². The van der Waals surface area contributed by atoms with E-state index in [9.17, 15) is 8.42 Å². The Labute approximate surface area is 120 Å². The van der Waals surface area contributed by atoms with Gasteiger partial charge in [0.2, 0.25) is 10.0 Å². The number of hydrogen-bond acceptors (Lipinski definition) is 4. The molecule has 0 saturated heterocycles. The third-order valence-electron chi connectivity index (χ3n) is 3.90. The van der Waals surface area contributed by atoms with Crippen LogP contribution in [0, 0.1) is 5.92 Å². The van der Waals surface area contributed by atoms with Crippen molar-refractivity contribution in [1.82, 2.24) is 0 Å². The molecule has 1 aliphatic carbocycles. The largest absolute Gasteiger partial charge is 0.490 e. The van der Waals surface area contributed by atoms with Gasteiger partial charge in [-0.25, -0.2) is 13.6 Å². The Balaban J connectivity index is 2.09. The lowest BCUT2D eigenvalue weighted by molar-refractivity contribution is 0.122. The van der Waals surface area contributed by atoms with Crippen LogP contribution >= 0.6 is 0 Å². The van der Waals surface area contributed by atoms with Crippen LogP contribution in [0.3, 0.4) is 0 Å². The van der Waals surface area contributed by atoms with Crippen molar-refractivity contribution >= 4 is 15.7 Å². The van der Waals surface area contributed by atoms with Gasteiger partial charge >= 0.3 is 0 Å². The zero-order valence-corrected chi connectivity index (χ0v) is 12.5. The van der Waals surface area contributed by atoms with E-state index in [2.05, 4.69) is 6.92 Å². The summed E-state index contributed by atoms with van der Waals surface area (Å²) in [6.45, 7) is 2.20. The van der Waals surface area contributed by atoms with Gasteiger partial charge in [-0.1, -0.05) is 19.8 Å². The SMILES string of the molecule is CCC1CCCC(Oc2ccc(S(N)(=O)=O)c(N)c2)C1. The Bertz CT molecular complexity index is 572. The summed E-state index contributed by atoms with van der Waals surface area (Å²) in [4.78, 5) is -0.0556. The van der Waals surface area contributed by atoms with Crippen molar-refractivity contribution in [3.05, 3.63) is 18.2 Å². The predicted octanol–water partition coefficient (Wildman–Crippen LogP) is 2.26. The van der Waals surface area contributed by atoms with Gasteiger partial charge in [-0.15, -0.1) is 0 Å². The van der Waals surface area contributed by atoms with Crippen LogP contribution < -0.4 is 15.6 Å². The first-order valence-corrected chi connectivity index (χ1v) is 8.53. The number of hydrogen-bond donors (Lipinski definition) is 2. The van der Waals surface area contributed by atoms with E-state index in [0.717, 1.165) is 18.8 Å². The molecule has 0 radical (unpaired) electrons. The fourth-order valence-corrected chi connectivity index (χ4v) is 3.42. The second-order valence-corrected chi connectivity index (χ2v) is 6.96. The number of nitrogens with two attached hydrogens (primary N) is 2. The standard InChI is InChI=1S/C14H22N2O3S/c1-2-10-4-3-5-11(8-10)19-12-6-7-14(13(15)9-12)20(16,17)18/h6-7,9-11H,2-5,8,15H2,1H3,(H2,16,17,18). The van der Waals surface area contributed by atoms with Crippen LogP contribution in [0.1, 0.15) is 39.0 Å². The molecule has 0 spiro atoms. The molecule has 1 aliphatic rings. The normalized spacial score (nSPS) is 23.5. The van der Waals surface area contributed by atoms with Crippen molar-refractivity contribution in [2.24, 2.45) is 11.1 Å². The van der Waals surface area contributed by atoms with E-state index < -0.39 is 10.0 Å². The van der Waals surface area contributed by atoms with Gasteiger partial charge in [0.15, 0.2) is 0 Å². The van der Waals surface area contributed by atoms with Gasteiger partial charge in [0, 0.05) is 6.07 Å². The van der Waals surface area contributed by atoms with E-state index in [1.807, 2.05) is 0 Å². The molecule has 2 unspecified atom stereocenters. The zero-order valence-electron chi connectivity index (χ0n) is 11.7. The molecule has 0 aliphatic heterocycles. The average molecular weight is 298 g/mol. The number of rotatable bonds is 4. The summed E-state index contributed by atoms with van der Waals surface area (Å²) >= 11 is 0. The molecule has 2 atom stereocenters. The summed E-state index contributed by atoms with van der Waals surface area (Å²) in [6.07, 6.45) is 5.89. The maximum absolute atomic E-state index is 11.3. The lowest BCUT2D eigenvalue weighted by Crippen LogP contribution is -2.25. The highest BCUT2D eigenvalue weighted by Crippen LogP contribution is 2.31. The monoisotopic (exact) mass is 298 g/mol. The van der Waals surface area contributed by atoms with Crippen molar-refractivity contribution in [3.63, 3.8) is 0 Å². The fraction of sp³-hybridized carbons (Fsp3) is 0.571. The quantitative estimate of drug-likeness (QED) is 0.833. The number of sulfonamides is 1. The summed E-state index contributed by atoms with van der Waals surface area (Å²) in [7, 11) is -3.78. The first-order chi connectivity index (χ1) is 9.40. The topological polar surface area (TPSA) is 95.4 Å². The van der Waals surface area contributed by atoms with Crippen LogP contribution in [-0.4, -0.2) is 14.5 Å². The minimum atomic E-state index is -3.78. The van der Waals surface area contributed by atoms with Gasteiger partial charge in [-0.3, -0.25) is 0 Å². The molecule has 0 aromatic heterocycles. The van der Waals surface area contributed by atoms with Crippen molar-refractivity contribution < 1.29 is 13.2 Å². The Kier molecular flexibility index (Phi) is 4.55. The van der Waals surface area contributed by atoms with Crippen molar-refractivity contribution in [3.8, 4) is 5.75 Å². The number of nitrogen functional groups attached to an aromatic ring is 1. The van der Waals surface area contributed by atoms with Crippen LogP contribution in [0.15, 0.2) is 23.1 Å². The van der Waals surface area contributed by atoms with Gasteiger partial charge < -0.3 is 10.5 Å². The molecule has 0 heterocycles. The van der Waals surface area contributed by atoms with Gasteiger partial charge in [-0.2, -0.15) is 0 Å². The molecule has 0 bridgehead atoms. The second kappa shape index (κ2) is 6.01. The summed E-state index contributed by atoms with van der Waals surface area (Å²) < 4.78 is 28.5. The zero-order chi connectivity index (χ0) is 14.8. The summed E-state index contributed by atoms with van der Waals surface area (Å²) in [5.74, 6) is 1.33. The van der Waals surface area contributed by atoms with Gasteiger partial charge in [0.1, 0.15) is 10.6 Å². The molecule has 20 heavy (non-hydrogen) atoms. The molecular weight excluding hydrogens is 276 g/mol. The van der Waals surface area contributed by atoms with Crippen molar-refractivity contribution in [1.29, 1.82) is 0 Å². The highest BCUT2D eigenvalue weighted by molar-refractivity contribution is 7.89. The second-order valence-electron chi connectivity index (χ2n) is 5.43. The van der Waals surface area contributed by atoms with E-state index in [1.165, 1.54) is 31.4 Å². The summed E-state index contributed by atoms with van der Waals surface area (Å²) in [5, 5.41) is 5.08. The molecular formula is C14H22N2O3S. The average Bonchev–Trinajstić information content (AvgIpc) is 2.37. The number of benzene rings is 1. The van der Waals surface area contributed by atoms with E-state index in [4.69, 9.17) is 15.6 Å². The van der Waals surface area contributed by atoms with E-state index in [-0.39, 0.29) is 16.7 Å². The Morgan fingerprint density at radius 2 is 2.10 bits per heavy atom. The van der Waals surface area contributed by atoms with E-state index in [0.29, 0.717) is 5.75 Å². The Hall–Kier alpha value is -1.27. The molecule has 112 valence electrons. The van der Waals surface area contributed by atoms with Gasteiger partial charge in [0.05, 0.1) is 11.8 Å². The molecule has 2 rings (SSSR count). The number of anilines is 1. The minimum absolute atomic E-state index is 0.0556. The first kappa shape index (κ1) is 15.1. The third kappa shape index (κ3) is 3.64. The highest BCUT2D eigenvalue weighted by Gasteiger charge is 2.22. The molecule has 1 fully saturated rings. The number of ether oxygens (including phenoxy) is 1. The summed E-state index contributed by atoms with van der Waals surface area (Å²) in [5.41, 5.74) is 5.86. The van der Waals surface area contributed by atoms with Crippen LogP contribution in [0.2, 0.25) is 0 Å². The summed E-state index contributed by atoms with van der Waals surface area (Å²) in [6, 6.07) is 4.56. The smallest absolute Gasteiger partial charge is 0.240 e. The van der Waals surface area contributed by atoms with Crippen LogP contribution in [0.25, 0.3) is 0 Å². The maximum atomic E-state index is 11.3. The molecule has 1 aromatic rings. The predicted molar refractivity (Wildman–Crippen MR) is 78.9 cm³/mol. The van der Waals surface area contributed by atoms with Crippen LogP contribution in [0.5, 0.6) is 5.75 Å². The molecule has 1 aromatic carbocycles. The van der Waals surface area contributed by atoms with E-state index in [1.54, 1.807) is 6.07 Å². The van der Waals surface area contributed by atoms with Crippen molar-refractivity contribution in [2.45, 2.75) is 50.0 Å². The fourth-order valence-electron chi connectivity index (χ4n) is 2.77. The van der Waals surface area contributed by atoms with Gasteiger partial charge in [-0.05, 0) is 37.3 Å². The Morgan fingerprint density at radius 3 is 2.70 bits per heavy atom. The van der Waals surface area contributed by atoms with Gasteiger partial charge in [0.25, 0.3) is 0 Å². The van der Waals surface area contributed by atoms with E-state index >= 15 is 0 Å². The molecule has 1 saturated carbocycles. The maximum Gasteiger partial charge on any atom is 0.240 e. The molecule has 6 heteroatoms. The third-order valence-corrected chi connectivity index (χ3v) is 4.89. The lowest BCUT2D eigenvalue weighted by Gasteiger charge is -2.29. The van der Waals surface area contributed by atoms with Crippen LogP contribution in [-0.2, 0) is 10.0 Å². The Morgan fingerprint density at radius 1 is 1.35 bits per heavy atom. The highest BCUT2D eigenvalue weighted by atomic mass is 32.2. The first-order valence-electron chi connectivity index (χ1n) is 6.99. The van der Waals surface area contributed by atoms with Crippen LogP contribution in [0.4, 0.5) is 5.69 Å². The molecule has 4 N–H and O–H groups in total.